The summed E-state index contributed by atoms with van der Waals surface area (Å²) < 4.78 is 39.8. The van der Waals surface area contributed by atoms with Gasteiger partial charge in [-0.3, -0.25) is 0 Å². The SMILES string of the molecule is COc1cccc(CNC2CC(OC)C2)c1OC(F)F. The van der Waals surface area contributed by atoms with Gasteiger partial charge < -0.3 is 19.5 Å². The number of hydrogen-bond donors (Lipinski definition) is 1. The average Bonchev–Trinajstić information content (AvgIpc) is 2.38. The molecule has 1 aromatic carbocycles. The fourth-order valence-corrected chi connectivity index (χ4v) is 2.26. The van der Waals surface area contributed by atoms with Gasteiger partial charge in [0.25, 0.3) is 0 Å². The summed E-state index contributed by atoms with van der Waals surface area (Å²) in [5.74, 6) is 0.410. The Balaban J connectivity index is 1.99. The molecule has 112 valence electrons. The largest absolute Gasteiger partial charge is 0.493 e. The van der Waals surface area contributed by atoms with E-state index in [1.807, 2.05) is 0 Å². The first-order valence-electron chi connectivity index (χ1n) is 6.51. The first kappa shape index (κ1) is 15.0. The molecule has 6 heteroatoms. The summed E-state index contributed by atoms with van der Waals surface area (Å²) in [5.41, 5.74) is 0.658. The second-order valence-electron chi connectivity index (χ2n) is 4.73. The minimum Gasteiger partial charge on any atom is -0.493 e. The molecule has 0 radical (unpaired) electrons. The van der Waals surface area contributed by atoms with E-state index in [1.165, 1.54) is 7.11 Å². The lowest BCUT2D eigenvalue weighted by atomic mass is 9.89. The number of methoxy groups -OCH3 is 2. The summed E-state index contributed by atoms with van der Waals surface area (Å²) in [6.07, 6.45) is 2.17. The van der Waals surface area contributed by atoms with Crippen LogP contribution in [-0.2, 0) is 11.3 Å². The Labute approximate surface area is 117 Å². The number of benzene rings is 1. The number of hydrogen-bond acceptors (Lipinski definition) is 4. The van der Waals surface area contributed by atoms with Crippen LogP contribution in [-0.4, -0.2) is 33.0 Å². The van der Waals surface area contributed by atoms with E-state index in [2.05, 4.69) is 10.1 Å². The Morgan fingerprint density at radius 1 is 1.30 bits per heavy atom. The number of alkyl halides is 2. The lowest BCUT2D eigenvalue weighted by Gasteiger charge is -2.35. The van der Waals surface area contributed by atoms with Gasteiger partial charge in [-0.1, -0.05) is 12.1 Å². The summed E-state index contributed by atoms with van der Waals surface area (Å²) >= 11 is 0. The molecule has 0 saturated heterocycles. The fraction of sp³-hybridized carbons (Fsp3) is 0.571. The van der Waals surface area contributed by atoms with Crippen molar-refractivity contribution in [2.45, 2.75) is 38.1 Å². The van der Waals surface area contributed by atoms with Crippen LogP contribution in [0.15, 0.2) is 18.2 Å². The lowest BCUT2D eigenvalue weighted by molar-refractivity contribution is -0.0519. The minimum absolute atomic E-state index is 0.0973. The molecule has 0 aromatic heterocycles. The number of nitrogens with one attached hydrogen (secondary N) is 1. The van der Waals surface area contributed by atoms with Gasteiger partial charge in [-0.05, 0) is 18.9 Å². The van der Waals surface area contributed by atoms with Crippen molar-refractivity contribution < 1.29 is 23.0 Å². The molecular formula is C14H19F2NO3. The van der Waals surface area contributed by atoms with E-state index in [0.29, 0.717) is 30.0 Å². The quantitative estimate of drug-likeness (QED) is 0.836. The summed E-state index contributed by atoms with van der Waals surface area (Å²) in [7, 11) is 3.12. The highest BCUT2D eigenvalue weighted by Gasteiger charge is 2.28. The first-order chi connectivity index (χ1) is 9.63. The molecule has 0 aliphatic heterocycles. The zero-order valence-corrected chi connectivity index (χ0v) is 11.6. The standard InChI is InChI=1S/C14H19F2NO3/c1-18-11-6-10(7-11)17-8-9-4-3-5-12(19-2)13(9)20-14(15)16/h3-5,10-11,14,17H,6-8H2,1-2H3. The van der Waals surface area contributed by atoms with E-state index in [-0.39, 0.29) is 5.75 Å². The van der Waals surface area contributed by atoms with Crippen LogP contribution in [0.1, 0.15) is 18.4 Å². The van der Waals surface area contributed by atoms with Crippen molar-refractivity contribution in [2.24, 2.45) is 0 Å². The van der Waals surface area contributed by atoms with Crippen LogP contribution in [0.3, 0.4) is 0 Å². The highest BCUT2D eigenvalue weighted by Crippen LogP contribution is 2.33. The number of rotatable bonds is 7. The predicted octanol–water partition coefficient (Wildman–Crippen LogP) is 2.56. The highest BCUT2D eigenvalue weighted by atomic mass is 19.3. The summed E-state index contributed by atoms with van der Waals surface area (Å²) in [5, 5.41) is 3.30. The molecule has 2 rings (SSSR count). The molecule has 0 spiro atoms. The van der Waals surface area contributed by atoms with Gasteiger partial charge in [0, 0.05) is 25.3 Å². The molecule has 1 aliphatic rings. The van der Waals surface area contributed by atoms with Crippen molar-refractivity contribution in [3.63, 3.8) is 0 Å². The maximum atomic E-state index is 12.5. The molecule has 0 atom stereocenters. The van der Waals surface area contributed by atoms with Gasteiger partial charge in [0.15, 0.2) is 11.5 Å². The van der Waals surface area contributed by atoms with Gasteiger partial charge in [-0.2, -0.15) is 8.78 Å². The van der Waals surface area contributed by atoms with E-state index in [4.69, 9.17) is 9.47 Å². The van der Waals surface area contributed by atoms with Crippen LogP contribution in [0.5, 0.6) is 11.5 Å². The van der Waals surface area contributed by atoms with Crippen molar-refractivity contribution in [2.75, 3.05) is 14.2 Å². The Kier molecular flexibility index (Phi) is 5.14. The number of para-hydroxylation sites is 1. The maximum Gasteiger partial charge on any atom is 0.387 e. The monoisotopic (exact) mass is 287 g/mol. The zero-order chi connectivity index (χ0) is 14.5. The van der Waals surface area contributed by atoms with Crippen molar-refractivity contribution in [3.05, 3.63) is 23.8 Å². The van der Waals surface area contributed by atoms with E-state index < -0.39 is 6.61 Å². The third-order valence-corrected chi connectivity index (χ3v) is 3.50. The average molecular weight is 287 g/mol. The molecule has 1 aromatic rings. The van der Waals surface area contributed by atoms with Gasteiger partial charge in [-0.15, -0.1) is 0 Å². The van der Waals surface area contributed by atoms with Gasteiger partial charge in [0.1, 0.15) is 0 Å². The maximum absolute atomic E-state index is 12.5. The van der Waals surface area contributed by atoms with Crippen LogP contribution in [0, 0.1) is 0 Å². The number of ether oxygens (including phenoxy) is 3. The van der Waals surface area contributed by atoms with Crippen LogP contribution < -0.4 is 14.8 Å². The predicted molar refractivity (Wildman–Crippen MR) is 70.3 cm³/mol. The van der Waals surface area contributed by atoms with Crippen molar-refractivity contribution in [3.8, 4) is 11.5 Å². The smallest absolute Gasteiger partial charge is 0.387 e. The molecule has 1 saturated carbocycles. The summed E-state index contributed by atoms with van der Waals surface area (Å²) in [6, 6.07) is 5.46. The summed E-state index contributed by atoms with van der Waals surface area (Å²) in [6.45, 7) is -2.41. The Hall–Kier alpha value is -1.40. The van der Waals surface area contributed by atoms with E-state index in [0.717, 1.165) is 12.8 Å². The molecule has 1 aliphatic carbocycles. The molecule has 1 fully saturated rings. The highest BCUT2D eigenvalue weighted by molar-refractivity contribution is 5.46. The molecule has 4 nitrogen and oxygen atoms in total. The van der Waals surface area contributed by atoms with Crippen LogP contribution in [0.4, 0.5) is 8.78 Å². The van der Waals surface area contributed by atoms with Gasteiger partial charge in [0.2, 0.25) is 0 Å². The van der Waals surface area contributed by atoms with E-state index in [9.17, 15) is 8.78 Å². The topological polar surface area (TPSA) is 39.7 Å². The fourth-order valence-electron chi connectivity index (χ4n) is 2.26. The van der Waals surface area contributed by atoms with E-state index >= 15 is 0 Å². The van der Waals surface area contributed by atoms with Crippen LogP contribution >= 0.6 is 0 Å². The van der Waals surface area contributed by atoms with Crippen molar-refractivity contribution >= 4 is 0 Å². The van der Waals surface area contributed by atoms with Crippen LogP contribution in [0.25, 0.3) is 0 Å². The van der Waals surface area contributed by atoms with E-state index in [1.54, 1.807) is 25.3 Å². The normalized spacial score (nSPS) is 21.6. The molecule has 20 heavy (non-hydrogen) atoms. The molecule has 1 N–H and O–H groups in total. The Morgan fingerprint density at radius 2 is 2.05 bits per heavy atom. The zero-order valence-electron chi connectivity index (χ0n) is 11.6. The summed E-state index contributed by atoms with van der Waals surface area (Å²) in [4.78, 5) is 0. The third kappa shape index (κ3) is 3.58. The lowest BCUT2D eigenvalue weighted by Crippen LogP contribution is -2.44. The van der Waals surface area contributed by atoms with Crippen molar-refractivity contribution in [1.29, 1.82) is 0 Å². The molecule has 0 heterocycles. The first-order valence-corrected chi connectivity index (χ1v) is 6.51. The third-order valence-electron chi connectivity index (χ3n) is 3.50. The number of halogens is 2. The second kappa shape index (κ2) is 6.85. The Morgan fingerprint density at radius 3 is 2.65 bits per heavy atom. The van der Waals surface area contributed by atoms with Gasteiger partial charge >= 0.3 is 6.61 Å². The molecule has 0 unspecified atom stereocenters. The molecule has 0 bridgehead atoms. The minimum atomic E-state index is -2.87. The van der Waals surface area contributed by atoms with Gasteiger partial charge in [-0.25, -0.2) is 0 Å². The van der Waals surface area contributed by atoms with Gasteiger partial charge in [0.05, 0.1) is 13.2 Å². The Bertz CT molecular complexity index is 436. The van der Waals surface area contributed by atoms with Crippen molar-refractivity contribution in [1.82, 2.24) is 5.32 Å². The molecular weight excluding hydrogens is 268 g/mol. The van der Waals surface area contributed by atoms with Crippen LogP contribution in [0.2, 0.25) is 0 Å². The molecule has 0 amide bonds. The second-order valence-corrected chi connectivity index (χ2v) is 4.73.